The molecule has 1 unspecified atom stereocenters. The second-order valence-corrected chi connectivity index (χ2v) is 3.96. The van der Waals surface area contributed by atoms with E-state index in [4.69, 9.17) is 4.42 Å². The molecule has 2 N–H and O–H groups in total. The zero-order valence-corrected chi connectivity index (χ0v) is 10.4. The van der Waals surface area contributed by atoms with E-state index in [0.717, 1.165) is 19.5 Å². The predicted octanol–water partition coefficient (Wildman–Crippen LogP) is 0.949. The van der Waals surface area contributed by atoms with E-state index in [1.54, 1.807) is 0 Å². The average molecular weight is 276 g/mol. The Bertz CT molecular complexity index is 429. The molecule has 1 aromatic heterocycles. The number of rotatable bonds is 4. The molecule has 1 aromatic rings. The average Bonchev–Trinajstić information content (AvgIpc) is 2.96. The lowest BCUT2D eigenvalue weighted by atomic mass is 10.1. The maximum atomic E-state index is 11.6. The summed E-state index contributed by atoms with van der Waals surface area (Å²) in [5.41, 5.74) is 0. The first kappa shape index (κ1) is 14.5. The Morgan fingerprint density at radius 2 is 2.39 bits per heavy atom. The van der Waals surface area contributed by atoms with E-state index in [1.807, 2.05) is 0 Å². The van der Waals surface area contributed by atoms with Crippen LogP contribution in [0.4, 0.5) is 5.88 Å². The van der Waals surface area contributed by atoms with Gasteiger partial charge in [0.05, 0.1) is 6.07 Å². The van der Waals surface area contributed by atoms with Crippen LogP contribution in [0.1, 0.15) is 17.0 Å². The molecule has 0 saturated carbocycles. The van der Waals surface area contributed by atoms with E-state index >= 15 is 0 Å². The first-order valence-electron chi connectivity index (χ1n) is 5.40. The van der Waals surface area contributed by atoms with Crippen molar-refractivity contribution in [3.63, 3.8) is 0 Å². The standard InChI is InChI=1S/C10H13N3O4.ClH/c14-10(12-6-7-3-4-11-5-7)8-1-2-9(17-8)13(15)16;/h1-2,7,11H,3-6H2,(H,12,14);1H. The molecule has 1 atom stereocenters. The molecule has 1 saturated heterocycles. The molecule has 0 spiro atoms. The van der Waals surface area contributed by atoms with Gasteiger partial charge in [0.2, 0.25) is 0 Å². The van der Waals surface area contributed by atoms with Gasteiger partial charge in [0.25, 0.3) is 5.91 Å². The van der Waals surface area contributed by atoms with Crippen molar-refractivity contribution in [3.8, 4) is 0 Å². The number of nitrogens with one attached hydrogen (secondary N) is 2. The molecular formula is C10H14ClN3O4. The predicted molar refractivity (Wildman–Crippen MR) is 65.9 cm³/mol. The highest BCUT2D eigenvalue weighted by Gasteiger charge is 2.19. The molecule has 0 bridgehead atoms. The van der Waals surface area contributed by atoms with Crippen molar-refractivity contribution in [3.05, 3.63) is 28.0 Å². The van der Waals surface area contributed by atoms with Crippen LogP contribution in [-0.4, -0.2) is 30.5 Å². The monoisotopic (exact) mass is 275 g/mol. The summed E-state index contributed by atoms with van der Waals surface area (Å²) in [5.74, 6) is -0.436. The van der Waals surface area contributed by atoms with Crippen molar-refractivity contribution >= 4 is 24.2 Å². The Balaban J connectivity index is 0.00000162. The van der Waals surface area contributed by atoms with Gasteiger partial charge in [0, 0.05) is 6.54 Å². The zero-order chi connectivity index (χ0) is 12.3. The Morgan fingerprint density at radius 3 is 2.94 bits per heavy atom. The summed E-state index contributed by atoms with van der Waals surface area (Å²) in [6, 6.07) is 2.48. The number of hydrogen-bond donors (Lipinski definition) is 2. The molecule has 1 aliphatic heterocycles. The molecule has 0 aliphatic carbocycles. The topological polar surface area (TPSA) is 97.4 Å². The third-order valence-corrected chi connectivity index (χ3v) is 2.71. The van der Waals surface area contributed by atoms with Gasteiger partial charge in [-0.15, -0.1) is 12.4 Å². The number of furan rings is 1. The number of carbonyl (C=O) groups is 1. The highest BCUT2D eigenvalue weighted by atomic mass is 35.5. The van der Waals surface area contributed by atoms with Crippen molar-refractivity contribution in [2.24, 2.45) is 5.92 Å². The molecule has 100 valence electrons. The smallest absolute Gasteiger partial charge is 0.395 e. The lowest BCUT2D eigenvalue weighted by Gasteiger charge is -2.08. The van der Waals surface area contributed by atoms with Crippen LogP contribution in [0.25, 0.3) is 0 Å². The van der Waals surface area contributed by atoms with Gasteiger partial charge >= 0.3 is 5.88 Å². The van der Waals surface area contributed by atoms with Crippen molar-refractivity contribution in [2.75, 3.05) is 19.6 Å². The van der Waals surface area contributed by atoms with E-state index in [9.17, 15) is 14.9 Å². The van der Waals surface area contributed by atoms with Crippen LogP contribution in [-0.2, 0) is 0 Å². The lowest BCUT2D eigenvalue weighted by Crippen LogP contribution is -2.29. The molecule has 0 radical (unpaired) electrons. The van der Waals surface area contributed by atoms with Gasteiger partial charge in [-0.3, -0.25) is 14.9 Å². The van der Waals surface area contributed by atoms with Gasteiger partial charge in [0.1, 0.15) is 4.92 Å². The van der Waals surface area contributed by atoms with E-state index in [1.165, 1.54) is 12.1 Å². The fourth-order valence-corrected chi connectivity index (χ4v) is 1.76. The molecular weight excluding hydrogens is 262 g/mol. The van der Waals surface area contributed by atoms with Crippen LogP contribution in [0.5, 0.6) is 0 Å². The first-order valence-corrected chi connectivity index (χ1v) is 5.40. The molecule has 8 heteroatoms. The summed E-state index contributed by atoms with van der Waals surface area (Å²) < 4.78 is 4.80. The number of nitro groups is 1. The Hall–Kier alpha value is -1.60. The Kier molecular flexibility index (Phi) is 5.11. The third kappa shape index (κ3) is 3.44. The molecule has 1 fully saturated rings. The van der Waals surface area contributed by atoms with E-state index in [2.05, 4.69) is 10.6 Å². The highest BCUT2D eigenvalue weighted by molar-refractivity contribution is 5.91. The van der Waals surface area contributed by atoms with Crippen molar-refractivity contribution in [1.29, 1.82) is 0 Å². The third-order valence-electron chi connectivity index (χ3n) is 2.71. The van der Waals surface area contributed by atoms with Crippen LogP contribution in [0.2, 0.25) is 0 Å². The molecule has 2 heterocycles. The van der Waals surface area contributed by atoms with E-state index < -0.39 is 16.7 Å². The number of halogens is 1. The molecule has 7 nitrogen and oxygen atoms in total. The number of carbonyl (C=O) groups excluding carboxylic acids is 1. The van der Waals surface area contributed by atoms with Gasteiger partial charge in [-0.1, -0.05) is 0 Å². The Labute approximate surface area is 109 Å². The molecule has 18 heavy (non-hydrogen) atoms. The summed E-state index contributed by atoms with van der Waals surface area (Å²) in [6.07, 6.45) is 1.03. The number of amides is 1. The normalized spacial score (nSPS) is 18.1. The van der Waals surface area contributed by atoms with Gasteiger partial charge in [0.15, 0.2) is 5.76 Å². The molecule has 1 amide bonds. The van der Waals surface area contributed by atoms with Crippen molar-refractivity contribution in [2.45, 2.75) is 6.42 Å². The fourth-order valence-electron chi connectivity index (χ4n) is 1.76. The quantitative estimate of drug-likeness (QED) is 0.630. The van der Waals surface area contributed by atoms with Gasteiger partial charge in [-0.2, -0.15) is 0 Å². The van der Waals surface area contributed by atoms with Gasteiger partial charge < -0.3 is 15.1 Å². The Morgan fingerprint density at radius 1 is 1.61 bits per heavy atom. The lowest BCUT2D eigenvalue weighted by molar-refractivity contribution is -0.402. The molecule has 2 rings (SSSR count). The second-order valence-electron chi connectivity index (χ2n) is 3.96. The second kappa shape index (κ2) is 6.36. The van der Waals surface area contributed by atoms with Crippen LogP contribution in [0.15, 0.2) is 16.5 Å². The van der Waals surface area contributed by atoms with Crippen LogP contribution in [0, 0.1) is 16.0 Å². The van der Waals surface area contributed by atoms with E-state index in [-0.39, 0.29) is 18.2 Å². The summed E-state index contributed by atoms with van der Waals surface area (Å²) in [4.78, 5) is 21.3. The van der Waals surface area contributed by atoms with Crippen molar-refractivity contribution < 1.29 is 14.1 Å². The minimum Gasteiger partial charge on any atom is -0.395 e. The van der Waals surface area contributed by atoms with Crippen LogP contribution >= 0.6 is 12.4 Å². The number of hydrogen-bond acceptors (Lipinski definition) is 5. The molecule has 0 aromatic carbocycles. The maximum Gasteiger partial charge on any atom is 0.433 e. The van der Waals surface area contributed by atoms with Gasteiger partial charge in [-0.05, 0) is 31.5 Å². The highest BCUT2D eigenvalue weighted by Crippen LogP contribution is 2.15. The summed E-state index contributed by atoms with van der Waals surface area (Å²) in [5, 5.41) is 16.3. The number of nitrogens with zero attached hydrogens (tertiary/aromatic N) is 1. The first-order chi connectivity index (χ1) is 8.16. The zero-order valence-electron chi connectivity index (χ0n) is 9.55. The van der Waals surface area contributed by atoms with E-state index in [0.29, 0.717) is 12.5 Å². The summed E-state index contributed by atoms with van der Waals surface area (Å²) >= 11 is 0. The minimum absolute atomic E-state index is 0. The summed E-state index contributed by atoms with van der Waals surface area (Å²) in [7, 11) is 0. The maximum absolute atomic E-state index is 11.6. The van der Waals surface area contributed by atoms with Gasteiger partial charge in [-0.25, -0.2) is 0 Å². The van der Waals surface area contributed by atoms with Crippen molar-refractivity contribution in [1.82, 2.24) is 10.6 Å². The van der Waals surface area contributed by atoms with Crippen LogP contribution in [0.3, 0.4) is 0 Å². The fraction of sp³-hybridized carbons (Fsp3) is 0.500. The minimum atomic E-state index is -0.669. The van der Waals surface area contributed by atoms with Crippen LogP contribution < -0.4 is 10.6 Å². The summed E-state index contributed by atoms with van der Waals surface area (Å²) in [6.45, 7) is 2.41. The molecule has 1 aliphatic rings. The largest absolute Gasteiger partial charge is 0.433 e. The SMILES string of the molecule is Cl.O=C(NCC1CCNC1)c1ccc([N+](=O)[O-])o1.